The molecule has 0 aromatic heterocycles. The van der Waals surface area contributed by atoms with E-state index >= 15 is 0 Å². The number of hydrogen-bond donors (Lipinski definition) is 2. The number of piperidine rings is 1. The van der Waals surface area contributed by atoms with Crippen LogP contribution in [-0.4, -0.2) is 75.7 Å². The number of likely N-dealkylation sites (tertiary alicyclic amines) is 1. The fourth-order valence-electron chi connectivity index (χ4n) is 3.27. The molecule has 0 aliphatic carbocycles. The molecule has 1 heterocycles. The Kier molecular flexibility index (Phi) is 11.9. The summed E-state index contributed by atoms with van der Waals surface area (Å²) in [4.78, 5) is 9.19. The summed E-state index contributed by atoms with van der Waals surface area (Å²) >= 11 is 0. The van der Waals surface area contributed by atoms with E-state index in [0.717, 1.165) is 32.0 Å². The second kappa shape index (κ2) is 13.3. The maximum atomic E-state index is 4.37. The summed E-state index contributed by atoms with van der Waals surface area (Å²) in [7, 11) is 6.13. The molecule has 0 saturated carbocycles. The van der Waals surface area contributed by atoms with Crippen molar-refractivity contribution in [2.75, 3.05) is 53.9 Å². The minimum Gasteiger partial charge on any atom is -0.355 e. The summed E-state index contributed by atoms with van der Waals surface area (Å²) < 4.78 is 0. The van der Waals surface area contributed by atoms with Crippen molar-refractivity contribution < 1.29 is 0 Å². The van der Waals surface area contributed by atoms with Crippen LogP contribution in [0.2, 0.25) is 0 Å². The summed E-state index contributed by atoms with van der Waals surface area (Å²) in [6.45, 7) is 5.42. The Bertz CT molecular complexity index is 500. The van der Waals surface area contributed by atoms with Crippen molar-refractivity contribution >= 4 is 29.9 Å². The van der Waals surface area contributed by atoms with Crippen molar-refractivity contribution in [3.63, 3.8) is 0 Å². The standard InChI is InChI=1S/C20H35N5.HI/c1-21-20(22-12-15-25-13-8-5-9-14-25)23-17-19(24(2)3)16-18-10-6-4-7-11-18;/h4,6-7,10-11,19H,5,8-9,12-17H2,1-3H3,(H2,21,22,23);1H. The second-order valence-corrected chi connectivity index (χ2v) is 7.09. The number of hydrogen-bond acceptors (Lipinski definition) is 3. The van der Waals surface area contributed by atoms with Gasteiger partial charge in [0.25, 0.3) is 0 Å². The molecule has 0 bridgehead atoms. The van der Waals surface area contributed by atoms with Crippen LogP contribution in [-0.2, 0) is 6.42 Å². The minimum atomic E-state index is 0. The van der Waals surface area contributed by atoms with Crippen molar-refractivity contribution in [2.24, 2.45) is 4.99 Å². The third kappa shape index (κ3) is 8.68. The van der Waals surface area contributed by atoms with Crippen LogP contribution in [0.15, 0.2) is 35.3 Å². The highest BCUT2D eigenvalue weighted by Gasteiger charge is 2.13. The zero-order valence-electron chi connectivity index (χ0n) is 16.6. The molecule has 1 aliphatic heterocycles. The van der Waals surface area contributed by atoms with Gasteiger partial charge in [-0.2, -0.15) is 0 Å². The van der Waals surface area contributed by atoms with E-state index in [9.17, 15) is 0 Å². The fourth-order valence-corrected chi connectivity index (χ4v) is 3.27. The molecule has 2 N–H and O–H groups in total. The minimum absolute atomic E-state index is 0. The number of aliphatic imine (C=N–C) groups is 1. The first-order valence-corrected chi connectivity index (χ1v) is 9.56. The number of rotatable bonds is 8. The summed E-state index contributed by atoms with van der Waals surface area (Å²) in [5.74, 6) is 0.900. The molecule has 1 aliphatic rings. The summed E-state index contributed by atoms with van der Waals surface area (Å²) in [6.07, 6.45) is 5.11. The first-order chi connectivity index (χ1) is 12.2. The maximum absolute atomic E-state index is 4.37. The van der Waals surface area contributed by atoms with E-state index in [4.69, 9.17) is 0 Å². The normalized spacial score (nSPS) is 16.8. The number of likely N-dealkylation sites (N-methyl/N-ethyl adjacent to an activating group) is 1. The van der Waals surface area contributed by atoms with Gasteiger partial charge < -0.3 is 20.4 Å². The van der Waals surface area contributed by atoms with Gasteiger partial charge >= 0.3 is 0 Å². The number of guanidine groups is 1. The fraction of sp³-hybridized carbons (Fsp3) is 0.650. The Hall–Kier alpha value is -0.860. The van der Waals surface area contributed by atoms with E-state index in [2.05, 4.69) is 69.9 Å². The van der Waals surface area contributed by atoms with E-state index in [0.29, 0.717) is 6.04 Å². The molecule has 1 unspecified atom stereocenters. The van der Waals surface area contributed by atoms with Crippen LogP contribution in [0, 0.1) is 0 Å². The quantitative estimate of drug-likeness (QED) is 0.346. The largest absolute Gasteiger partial charge is 0.355 e. The van der Waals surface area contributed by atoms with Gasteiger partial charge in [-0.15, -0.1) is 24.0 Å². The van der Waals surface area contributed by atoms with Crippen LogP contribution in [0.25, 0.3) is 0 Å². The summed E-state index contributed by atoms with van der Waals surface area (Å²) in [6, 6.07) is 11.1. The Morgan fingerprint density at radius 3 is 2.42 bits per heavy atom. The Morgan fingerprint density at radius 1 is 1.12 bits per heavy atom. The molecule has 148 valence electrons. The SMILES string of the molecule is CN=C(NCCN1CCCCC1)NCC(Cc1ccccc1)N(C)C.I. The Balaban J connectivity index is 0.00000338. The summed E-state index contributed by atoms with van der Waals surface area (Å²) in [5, 5.41) is 6.94. The lowest BCUT2D eigenvalue weighted by atomic mass is 10.1. The molecule has 26 heavy (non-hydrogen) atoms. The van der Waals surface area contributed by atoms with Crippen molar-refractivity contribution in [1.82, 2.24) is 20.4 Å². The van der Waals surface area contributed by atoms with Crippen molar-refractivity contribution in [2.45, 2.75) is 31.7 Å². The van der Waals surface area contributed by atoms with E-state index in [-0.39, 0.29) is 24.0 Å². The summed E-state index contributed by atoms with van der Waals surface area (Å²) in [5.41, 5.74) is 1.37. The predicted molar refractivity (Wildman–Crippen MR) is 123 cm³/mol. The van der Waals surface area contributed by atoms with E-state index in [1.54, 1.807) is 0 Å². The molecule has 0 amide bonds. The van der Waals surface area contributed by atoms with E-state index in [1.807, 2.05) is 7.05 Å². The van der Waals surface area contributed by atoms with Gasteiger partial charge in [0.2, 0.25) is 0 Å². The highest BCUT2D eigenvalue weighted by atomic mass is 127. The van der Waals surface area contributed by atoms with Crippen LogP contribution >= 0.6 is 24.0 Å². The van der Waals surface area contributed by atoms with Crippen LogP contribution < -0.4 is 10.6 Å². The molecule has 1 fully saturated rings. The molecular weight excluding hydrogens is 437 g/mol. The van der Waals surface area contributed by atoms with Gasteiger partial charge in [-0.05, 0) is 52.0 Å². The molecular formula is C20H36IN5. The topological polar surface area (TPSA) is 42.9 Å². The van der Waals surface area contributed by atoms with Crippen molar-refractivity contribution in [3.05, 3.63) is 35.9 Å². The first-order valence-electron chi connectivity index (χ1n) is 9.56. The molecule has 0 radical (unpaired) electrons. The Morgan fingerprint density at radius 2 is 1.81 bits per heavy atom. The third-order valence-electron chi connectivity index (χ3n) is 4.94. The molecule has 1 aromatic carbocycles. The van der Waals surface area contributed by atoms with Gasteiger partial charge in [0, 0.05) is 32.7 Å². The predicted octanol–water partition coefficient (Wildman–Crippen LogP) is 2.43. The van der Waals surface area contributed by atoms with E-state index < -0.39 is 0 Å². The van der Waals surface area contributed by atoms with E-state index in [1.165, 1.54) is 37.9 Å². The van der Waals surface area contributed by atoms with Gasteiger partial charge in [-0.3, -0.25) is 4.99 Å². The van der Waals surface area contributed by atoms with Gasteiger partial charge in [0.1, 0.15) is 0 Å². The lowest BCUT2D eigenvalue weighted by Gasteiger charge is -2.27. The molecule has 5 nitrogen and oxygen atoms in total. The highest BCUT2D eigenvalue weighted by molar-refractivity contribution is 14.0. The molecule has 0 spiro atoms. The smallest absolute Gasteiger partial charge is 0.191 e. The molecule has 6 heteroatoms. The molecule has 2 rings (SSSR count). The van der Waals surface area contributed by atoms with Gasteiger partial charge in [0.05, 0.1) is 0 Å². The maximum Gasteiger partial charge on any atom is 0.191 e. The van der Waals surface area contributed by atoms with Crippen LogP contribution in [0.5, 0.6) is 0 Å². The molecule has 1 saturated heterocycles. The van der Waals surface area contributed by atoms with Gasteiger partial charge in [-0.25, -0.2) is 0 Å². The number of nitrogens with zero attached hydrogens (tertiary/aromatic N) is 3. The third-order valence-corrected chi connectivity index (χ3v) is 4.94. The highest BCUT2D eigenvalue weighted by Crippen LogP contribution is 2.07. The first kappa shape index (κ1) is 23.2. The monoisotopic (exact) mass is 473 g/mol. The zero-order chi connectivity index (χ0) is 17.9. The molecule has 1 aromatic rings. The van der Waals surface area contributed by atoms with Crippen LogP contribution in [0.1, 0.15) is 24.8 Å². The number of halogens is 1. The molecule has 1 atom stereocenters. The average molecular weight is 473 g/mol. The lowest BCUT2D eigenvalue weighted by Crippen LogP contribution is -2.47. The van der Waals surface area contributed by atoms with Crippen LogP contribution in [0.4, 0.5) is 0 Å². The lowest BCUT2D eigenvalue weighted by molar-refractivity contribution is 0.232. The van der Waals surface area contributed by atoms with Crippen molar-refractivity contribution in [1.29, 1.82) is 0 Å². The van der Waals surface area contributed by atoms with Crippen LogP contribution in [0.3, 0.4) is 0 Å². The number of nitrogens with one attached hydrogen (secondary N) is 2. The zero-order valence-corrected chi connectivity index (χ0v) is 18.9. The number of benzene rings is 1. The average Bonchev–Trinajstić information content (AvgIpc) is 2.65. The second-order valence-electron chi connectivity index (χ2n) is 7.09. The van der Waals surface area contributed by atoms with Gasteiger partial charge in [0.15, 0.2) is 5.96 Å². The van der Waals surface area contributed by atoms with Gasteiger partial charge in [-0.1, -0.05) is 36.8 Å². The Labute approximate surface area is 176 Å². The van der Waals surface area contributed by atoms with Crippen molar-refractivity contribution in [3.8, 4) is 0 Å².